The Morgan fingerprint density at radius 1 is 1.12 bits per heavy atom. The van der Waals surface area contributed by atoms with Gasteiger partial charge in [-0.15, -0.1) is 0 Å². The first-order valence-corrected chi connectivity index (χ1v) is 11.5. The molecule has 3 heterocycles. The van der Waals surface area contributed by atoms with Crippen molar-refractivity contribution < 1.29 is 4.74 Å². The zero-order valence-electron chi connectivity index (χ0n) is 18.6. The lowest BCUT2D eigenvalue weighted by Gasteiger charge is -2.26. The van der Waals surface area contributed by atoms with E-state index in [-0.39, 0.29) is 5.56 Å². The molecule has 1 saturated carbocycles. The second-order valence-corrected chi connectivity index (χ2v) is 9.03. The second-order valence-electron chi connectivity index (χ2n) is 9.03. The Bertz CT molecular complexity index is 1510. The van der Waals surface area contributed by atoms with Crippen molar-refractivity contribution in [3.8, 4) is 16.9 Å². The second kappa shape index (κ2) is 7.96. The van der Waals surface area contributed by atoms with Gasteiger partial charge in [0.15, 0.2) is 0 Å². The lowest BCUT2D eigenvalue weighted by atomic mass is 9.86. The molecule has 6 heteroatoms. The molecule has 2 aromatic carbocycles. The molecule has 1 aliphatic carbocycles. The zero-order chi connectivity index (χ0) is 22.4. The van der Waals surface area contributed by atoms with Crippen LogP contribution in [0.4, 0.5) is 0 Å². The van der Waals surface area contributed by atoms with Crippen molar-refractivity contribution in [1.29, 1.82) is 0 Å². The molecular formula is C27H26N4O2. The Balaban J connectivity index is 1.52. The van der Waals surface area contributed by atoms with Gasteiger partial charge in [-0.05, 0) is 36.5 Å². The van der Waals surface area contributed by atoms with Crippen LogP contribution in [0.5, 0.6) is 5.75 Å². The molecule has 0 radical (unpaired) electrons. The highest BCUT2D eigenvalue weighted by atomic mass is 16.5. The van der Waals surface area contributed by atoms with Gasteiger partial charge < -0.3 is 18.9 Å². The Morgan fingerprint density at radius 3 is 2.76 bits per heavy atom. The molecule has 0 unspecified atom stereocenters. The summed E-state index contributed by atoms with van der Waals surface area (Å²) in [6, 6.07) is 16.6. The molecule has 1 aliphatic rings. The number of nitrogens with zero attached hydrogens (tertiary/aromatic N) is 3. The minimum Gasteiger partial charge on any atom is -0.493 e. The number of nitrogens with one attached hydrogen (secondary N) is 1. The lowest BCUT2D eigenvalue weighted by Crippen LogP contribution is -2.19. The smallest absolute Gasteiger partial charge is 0.274 e. The van der Waals surface area contributed by atoms with E-state index >= 15 is 0 Å². The van der Waals surface area contributed by atoms with Crippen LogP contribution in [0.3, 0.4) is 0 Å². The molecule has 6 rings (SSSR count). The molecule has 0 atom stereocenters. The average molecular weight is 439 g/mol. The van der Waals surface area contributed by atoms with Crippen molar-refractivity contribution in [3.05, 3.63) is 83.2 Å². The number of benzene rings is 2. The van der Waals surface area contributed by atoms with Gasteiger partial charge in [-0.2, -0.15) is 0 Å². The highest BCUT2D eigenvalue weighted by Gasteiger charge is 2.21. The highest BCUT2D eigenvalue weighted by molar-refractivity contribution is 5.98. The van der Waals surface area contributed by atoms with E-state index in [0.717, 1.165) is 39.8 Å². The molecule has 166 valence electrons. The first-order valence-electron chi connectivity index (χ1n) is 11.5. The third kappa shape index (κ3) is 3.52. The Morgan fingerprint density at radius 2 is 1.97 bits per heavy atom. The number of aromatic amines is 1. The quantitative estimate of drug-likeness (QED) is 0.401. The van der Waals surface area contributed by atoms with Gasteiger partial charge >= 0.3 is 0 Å². The monoisotopic (exact) mass is 438 g/mol. The van der Waals surface area contributed by atoms with E-state index < -0.39 is 0 Å². The molecule has 0 spiro atoms. The minimum absolute atomic E-state index is 0.0362. The van der Waals surface area contributed by atoms with Crippen molar-refractivity contribution in [3.63, 3.8) is 0 Å². The maximum absolute atomic E-state index is 12.6. The molecule has 0 saturated heterocycles. The van der Waals surface area contributed by atoms with Crippen LogP contribution >= 0.6 is 0 Å². The van der Waals surface area contributed by atoms with Crippen LogP contribution in [0.1, 0.15) is 24.8 Å². The molecule has 6 nitrogen and oxygen atoms in total. The average Bonchev–Trinajstić information content (AvgIpc) is 3.43. The number of hydrogen-bond acceptors (Lipinski definition) is 3. The largest absolute Gasteiger partial charge is 0.493 e. The van der Waals surface area contributed by atoms with Gasteiger partial charge in [-0.25, -0.2) is 4.98 Å². The van der Waals surface area contributed by atoms with Gasteiger partial charge in [0.1, 0.15) is 11.3 Å². The Kier molecular flexibility index (Phi) is 4.79. The summed E-state index contributed by atoms with van der Waals surface area (Å²) in [6.07, 6.45) is 9.37. The topological polar surface area (TPSA) is 64.8 Å². The van der Waals surface area contributed by atoms with Crippen LogP contribution in [0.25, 0.3) is 33.1 Å². The molecular weight excluding hydrogens is 412 g/mol. The molecule has 3 aromatic heterocycles. The summed E-state index contributed by atoms with van der Waals surface area (Å²) < 4.78 is 10.2. The lowest BCUT2D eigenvalue weighted by molar-refractivity contribution is 0.181. The van der Waals surface area contributed by atoms with Gasteiger partial charge in [0.25, 0.3) is 5.56 Å². The fraction of sp³-hybridized carbons (Fsp3) is 0.259. The summed E-state index contributed by atoms with van der Waals surface area (Å²) in [5.41, 5.74) is 5.71. The fourth-order valence-electron chi connectivity index (χ4n) is 4.67. The number of pyridine rings is 1. The zero-order valence-corrected chi connectivity index (χ0v) is 18.6. The van der Waals surface area contributed by atoms with Gasteiger partial charge in [-0.1, -0.05) is 36.8 Å². The number of aryl methyl sites for hydroxylation is 1. The number of aromatic nitrogens is 4. The van der Waals surface area contributed by atoms with Crippen LogP contribution in [0.15, 0.2) is 72.0 Å². The van der Waals surface area contributed by atoms with Crippen LogP contribution in [0, 0.1) is 5.92 Å². The van der Waals surface area contributed by atoms with Crippen LogP contribution in [-0.2, 0) is 13.6 Å². The molecule has 0 amide bonds. The van der Waals surface area contributed by atoms with E-state index in [0.29, 0.717) is 18.0 Å². The molecule has 5 aromatic rings. The maximum atomic E-state index is 12.6. The summed E-state index contributed by atoms with van der Waals surface area (Å²) in [4.78, 5) is 20.4. The van der Waals surface area contributed by atoms with E-state index in [1.165, 1.54) is 24.8 Å². The van der Waals surface area contributed by atoms with Crippen LogP contribution in [-0.4, -0.2) is 25.7 Å². The summed E-state index contributed by atoms with van der Waals surface area (Å²) in [6.45, 7) is 1.46. The summed E-state index contributed by atoms with van der Waals surface area (Å²) in [5, 5.41) is 0.903. The predicted octanol–water partition coefficient (Wildman–Crippen LogP) is 5.11. The van der Waals surface area contributed by atoms with Crippen molar-refractivity contribution in [2.45, 2.75) is 25.8 Å². The third-order valence-corrected chi connectivity index (χ3v) is 6.80. The van der Waals surface area contributed by atoms with E-state index in [1.54, 1.807) is 11.6 Å². The number of fused-ring (bicyclic) bond motifs is 2. The third-order valence-electron chi connectivity index (χ3n) is 6.80. The maximum Gasteiger partial charge on any atom is 0.274 e. The number of rotatable bonds is 6. The van der Waals surface area contributed by atoms with E-state index in [9.17, 15) is 4.79 Å². The molecule has 33 heavy (non-hydrogen) atoms. The molecule has 1 fully saturated rings. The van der Waals surface area contributed by atoms with Crippen molar-refractivity contribution in [2.75, 3.05) is 6.61 Å². The number of imidazole rings is 1. The standard InChI is InChI=1S/C27H26N4O2/c1-30-15-22(20-10-11-28-26(20)27(30)32)21-12-24-23(13-25(21)33-16-19-8-5-9-19)29-17-31(24)14-18-6-3-2-4-7-18/h2-4,6-7,10-13,15,17,19,28H,5,8-9,14,16H2,1H3. The minimum atomic E-state index is -0.0362. The van der Waals surface area contributed by atoms with E-state index in [2.05, 4.69) is 50.9 Å². The van der Waals surface area contributed by atoms with Crippen molar-refractivity contribution >= 4 is 21.9 Å². The number of hydrogen-bond donors (Lipinski definition) is 1. The molecule has 0 aliphatic heterocycles. The van der Waals surface area contributed by atoms with E-state index in [4.69, 9.17) is 4.74 Å². The predicted molar refractivity (Wildman–Crippen MR) is 131 cm³/mol. The van der Waals surface area contributed by atoms with Gasteiger partial charge in [0.2, 0.25) is 0 Å². The molecule has 1 N–H and O–H groups in total. The van der Waals surface area contributed by atoms with Crippen LogP contribution in [0.2, 0.25) is 0 Å². The van der Waals surface area contributed by atoms with Gasteiger partial charge in [0.05, 0.1) is 24.0 Å². The first kappa shape index (κ1) is 19.9. The molecule has 0 bridgehead atoms. The normalized spacial score (nSPS) is 14.1. The summed E-state index contributed by atoms with van der Waals surface area (Å²) in [7, 11) is 1.79. The van der Waals surface area contributed by atoms with Gasteiger partial charge in [-0.3, -0.25) is 4.79 Å². The first-order chi connectivity index (χ1) is 16.2. The summed E-state index contributed by atoms with van der Waals surface area (Å²) in [5.74, 6) is 1.44. The number of H-pyrrole nitrogens is 1. The van der Waals surface area contributed by atoms with Gasteiger partial charge in [0, 0.05) is 48.6 Å². The SMILES string of the molecule is Cn1cc(-c2cc3c(cc2OCC2CCC2)ncn3Cc2ccccc2)c2cc[nH]c2c1=O. The van der Waals surface area contributed by atoms with Crippen molar-refractivity contribution in [1.82, 2.24) is 19.1 Å². The van der Waals surface area contributed by atoms with Crippen molar-refractivity contribution in [2.24, 2.45) is 13.0 Å². The fourth-order valence-corrected chi connectivity index (χ4v) is 4.67. The Hall–Kier alpha value is -3.80. The van der Waals surface area contributed by atoms with Crippen LogP contribution < -0.4 is 10.3 Å². The van der Waals surface area contributed by atoms with E-state index in [1.807, 2.05) is 30.9 Å². The summed E-state index contributed by atoms with van der Waals surface area (Å²) >= 11 is 0. The highest BCUT2D eigenvalue weighted by Crippen LogP contribution is 2.38. The Labute approximate surface area is 191 Å². The number of ether oxygens (including phenoxy) is 1.